The molecule has 0 saturated carbocycles. The molecule has 0 saturated heterocycles. The summed E-state index contributed by atoms with van der Waals surface area (Å²) in [6.07, 6.45) is 0. The van der Waals surface area contributed by atoms with E-state index in [1.165, 1.54) is 60.9 Å². The molecule has 2 nitrogen and oxygen atoms in total. The van der Waals surface area contributed by atoms with Crippen molar-refractivity contribution in [1.82, 2.24) is 4.57 Å². The van der Waals surface area contributed by atoms with Gasteiger partial charge in [0, 0.05) is 33.5 Å². The van der Waals surface area contributed by atoms with Crippen LogP contribution in [0.25, 0.3) is 27.5 Å². The topological polar surface area (TPSA) is 8.17 Å². The SMILES string of the molecule is c1ccc(N2c3ccccc3B(c3ccc(-n4c5ccccc5c5ccccc54)cc3)c3ccccc32)cc1. The largest absolute Gasteiger partial charge is 0.312 e. The zero-order chi connectivity index (χ0) is 25.8. The second kappa shape index (κ2) is 8.78. The van der Waals surface area contributed by atoms with Gasteiger partial charge in [-0.2, -0.15) is 0 Å². The first-order valence-electron chi connectivity index (χ1n) is 13.5. The number of anilines is 3. The fraction of sp³-hybridized carbons (Fsp3) is 0. The number of rotatable bonds is 3. The number of benzene rings is 6. The average Bonchev–Trinajstić information content (AvgIpc) is 3.35. The molecule has 6 aromatic carbocycles. The van der Waals surface area contributed by atoms with Crippen LogP contribution in [0.15, 0.2) is 152 Å². The minimum Gasteiger partial charge on any atom is -0.312 e. The molecule has 0 spiro atoms. The molecular formula is C36H25BN2. The van der Waals surface area contributed by atoms with Gasteiger partial charge < -0.3 is 9.47 Å². The molecule has 0 radical (unpaired) electrons. The molecule has 1 aromatic heterocycles. The molecule has 0 aliphatic carbocycles. The lowest BCUT2D eigenvalue weighted by Gasteiger charge is -2.37. The van der Waals surface area contributed by atoms with Crippen LogP contribution in [0.1, 0.15) is 0 Å². The molecule has 0 fully saturated rings. The Kier molecular flexibility index (Phi) is 4.96. The summed E-state index contributed by atoms with van der Waals surface area (Å²) < 4.78 is 2.38. The second-order valence-corrected chi connectivity index (χ2v) is 10.2. The third-order valence-electron chi connectivity index (χ3n) is 8.06. The molecule has 0 bridgehead atoms. The predicted octanol–water partition coefficient (Wildman–Crippen LogP) is 7.08. The highest BCUT2D eigenvalue weighted by atomic mass is 15.1. The van der Waals surface area contributed by atoms with E-state index < -0.39 is 0 Å². The van der Waals surface area contributed by atoms with E-state index in [2.05, 4.69) is 161 Å². The maximum atomic E-state index is 2.40. The van der Waals surface area contributed by atoms with E-state index in [0.717, 1.165) is 0 Å². The number of fused-ring (bicyclic) bond motifs is 5. The van der Waals surface area contributed by atoms with Crippen molar-refractivity contribution < 1.29 is 0 Å². The molecule has 7 aromatic rings. The smallest absolute Gasteiger partial charge is 0.246 e. The van der Waals surface area contributed by atoms with Crippen molar-refractivity contribution in [2.24, 2.45) is 0 Å². The van der Waals surface area contributed by atoms with Crippen LogP contribution in [0.2, 0.25) is 0 Å². The van der Waals surface area contributed by atoms with Crippen LogP contribution in [0.4, 0.5) is 17.1 Å². The van der Waals surface area contributed by atoms with Crippen molar-refractivity contribution in [3.8, 4) is 5.69 Å². The molecule has 39 heavy (non-hydrogen) atoms. The van der Waals surface area contributed by atoms with Crippen molar-refractivity contribution in [2.75, 3.05) is 4.90 Å². The number of nitrogens with zero attached hydrogens (tertiary/aromatic N) is 2. The molecule has 182 valence electrons. The summed E-state index contributed by atoms with van der Waals surface area (Å²) in [5.41, 5.74) is 11.2. The van der Waals surface area contributed by atoms with Gasteiger partial charge in [0.2, 0.25) is 6.71 Å². The Morgan fingerprint density at radius 1 is 0.385 bits per heavy atom. The molecular weight excluding hydrogens is 471 g/mol. The van der Waals surface area contributed by atoms with Gasteiger partial charge >= 0.3 is 0 Å². The summed E-state index contributed by atoms with van der Waals surface area (Å²) in [4.78, 5) is 2.40. The van der Waals surface area contributed by atoms with Crippen molar-refractivity contribution in [3.05, 3.63) is 152 Å². The Hall–Kier alpha value is -5.02. The van der Waals surface area contributed by atoms with E-state index in [-0.39, 0.29) is 6.71 Å². The third kappa shape index (κ3) is 3.37. The van der Waals surface area contributed by atoms with Gasteiger partial charge in [-0.3, -0.25) is 0 Å². The summed E-state index contributed by atoms with van der Waals surface area (Å²) in [6.45, 7) is 0.157. The lowest BCUT2D eigenvalue weighted by molar-refractivity contribution is 1.18. The molecule has 0 amide bonds. The first-order valence-corrected chi connectivity index (χ1v) is 13.5. The van der Waals surface area contributed by atoms with Crippen LogP contribution < -0.4 is 21.3 Å². The standard InChI is InChI=1S/C36H25BN2/c1-2-12-27(13-3-1)39-35-20-10-6-16-31(35)37(32-17-7-11-21-36(32)39)26-22-24-28(25-23-26)38-33-18-8-4-14-29(33)30-15-5-9-19-34(30)38/h1-25H. The van der Waals surface area contributed by atoms with Crippen LogP contribution in [-0.4, -0.2) is 11.3 Å². The van der Waals surface area contributed by atoms with Gasteiger partial charge in [0.1, 0.15) is 0 Å². The first kappa shape index (κ1) is 22.0. The van der Waals surface area contributed by atoms with E-state index in [0.29, 0.717) is 0 Å². The van der Waals surface area contributed by atoms with Gasteiger partial charge in [-0.1, -0.05) is 109 Å². The fourth-order valence-corrected chi connectivity index (χ4v) is 6.40. The Labute approximate surface area is 228 Å². The monoisotopic (exact) mass is 496 g/mol. The summed E-state index contributed by atoms with van der Waals surface area (Å²) in [5, 5.41) is 2.57. The molecule has 0 unspecified atom stereocenters. The lowest BCUT2D eigenvalue weighted by Crippen LogP contribution is -2.57. The molecule has 3 heteroatoms. The highest BCUT2D eigenvalue weighted by Gasteiger charge is 2.34. The van der Waals surface area contributed by atoms with E-state index in [4.69, 9.17) is 0 Å². The Bertz CT molecular complexity index is 1870. The second-order valence-electron chi connectivity index (χ2n) is 10.2. The predicted molar refractivity (Wildman–Crippen MR) is 167 cm³/mol. The molecule has 2 heterocycles. The summed E-state index contributed by atoms with van der Waals surface area (Å²) >= 11 is 0. The maximum Gasteiger partial charge on any atom is 0.246 e. The Morgan fingerprint density at radius 3 is 1.46 bits per heavy atom. The quantitative estimate of drug-likeness (QED) is 0.237. The summed E-state index contributed by atoms with van der Waals surface area (Å²) in [7, 11) is 0. The van der Waals surface area contributed by atoms with Crippen LogP contribution in [0.5, 0.6) is 0 Å². The molecule has 1 aliphatic rings. The van der Waals surface area contributed by atoms with Crippen molar-refractivity contribution in [3.63, 3.8) is 0 Å². The number of hydrogen-bond donors (Lipinski definition) is 0. The third-order valence-corrected chi connectivity index (χ3v) is 8.06. The van der Waals surface area contributed by atoms with E-state index in [9.17, 15) is 0 Å². The van der Waals surface area contributed by atoms with Gasteiger partial charge in [0.15, 0.2) is 0 Å². The van der Waals surface area contributed by atoms with Crippen molar-refractivity contribution >= 4 is 62.0 Å². The van der Waals surface area contributed by atoms with Crippen molar-refractivity contribution in [1.29, 1.82) is 0 Å². The number of aromatic nitrogens is 1. The molecule has 0 atom stereocenters. The Balaban J connectivity index is 1.29. The highest BCUT2D eigenvalue weighted by Crippen LogP contribution is 2.36. The van der Waals surface area contributed by atoms with Crippen LogP contribution in [0, 0.1) is 0 Å². The average molecular weight is 496 g/mol. The van der Waals surface area contributed by atoms with Crippen LogP contribution >= 0.6 is 0 Å². The van der Waals surface area contributed by atoms with Gasteiger partial charge in [0.05, 0.1) is 11.0 Å². The lowest BCUT2D eigenvalue weighted by atomic mass is 9.35. The van der Waals surface area contributed by atoms with E-state index in [1.807, 2.05) is 0 Å². The molecule has 1 aliphatic heterocycles. The Morgan fingerprint density at radius 2 is 0.872 bits per heavy atom. The van der Waals surface area contributed by atoms with Crippen LogP contribution in [0.3, 0.4) is 0 Å². The van der Waals surface area contributed by atoms with E-state index in [1.54, 1.807) is 0 Å². The van der Waals surface area contributed by atoms with Crippen molar-refractivity contribution in [2.45, 2.75) is 0 Å². The van der Waals surface area contributed by atoms with Crippen LogP contribution in [-0.2, 0) is 0 Å². The minimum absolute atomic E-state index is 0.157. The van der Waals surface area contributed by atoms with Gasteiger partial charge in [-0.15, -0.1) is 0 Å². The summed E-state index contributed by atoms with van der Waals surface area (Å²) in [5.74, 6) is 0. The first-order chi connectivity index (χ1) is 19.4. The minimum atomic E-state index is 0.157. The fourth-order valence-electron chi connectivity index (χ4n) is 6.40. The zero-order valence-electron chi connectivity index (χ0n) is 21.4. The van der Waals surface area contributed by atoms with Gasteiger partial charge in [0.25, 0.3) is 0 Å². The number of para-hydroxylation sites is 5. The molecule has 8 rings (SSSR count). The highest BCUT2D eigenvalue weighted by molar-refractivity contribution is 6.98. The zero-order valence-corrected chi connectivity index (χ0v) is 21.4. The van der Waals surface area contributed by atoms with Gasteiger partial charge in [-0.05, 0) is 59.5 Å². The number of hydrogen-bond acceptors (Lipinski definition) is 1. The molecule has 0 N–H and O–H groups in total. The van der Waals surface area contributed by atoms with E-state index >= 15 is 0 Å². The normalized spacial score (nSPS) is 12.5. The summed E-state index contributed by atoms with van der Waals surface area (Å²) in [6, 6.07) is 54.9. The maximum absolute atomic E-state index is 2.40. The van der Waals surface area contributed by atoms with Gasteiger partial charge in [-0.25, -0.2) is 0 Å².